The van der Waals surface area contributed by atoms with E-state index >= 15 is 0 Å². The fourth-order valence-electron chi connectivity index (χ4n) is 4.99. The molecular formula is C28H32NiS4-4. The van der Waals surface area contributed by atoms with Crippen LogP contribution in [-0.4, -0.2) is 0 Å². The Kier molecular flexibility index (Phi) is 8.74. The molecule has 5 heteroatoms. The van der Waals surface area contributed by atoms with Gasteiger partial charge in [0.15, 0.2) is 0 Å². The molecule has 2 aliphatic carbocycles. The summed E-state index contributed by atoms with van der Waals surface area (Å²) in [6, 6.07) is 8.87. The van der Waals surface area contributed by atoms with E-state index < -0.39 is 0 Å². The first kappa shape index (κ1) is 28.5. The molecule has 0 nitrogen and oxygen atoms in total. The van der Waals surface area contributed by atoms with Crippen LogP contribution in [0.2, 0.25) is 0 Å². The third-order valence-corrected chi connectivity index (χ3v) is 9.07. The van der Waals surface area contributed by atoms with Crippen LogP contribution in [0.3, 0.4) is 0 Å². The molecule has 0 saturated heterocycles. The fourth-order valence-corrected chi connectivity index (χ4v) is 6.48. The van der Waals surface area contributed by atoms with Gasteiger partial charge in [-0.3, -0.25) is 0 Å². The van der Waals surface area contributed by atoms with Gasteiger partial charge in [-0.05, 0) is 84.7 Å². The van der Waals surface area contributed by atoms with Crippen molar-refractivity contribution in [3.8, 4) is 0 Å². The van der Waals surface area contributed by atoms with Gasteiger partial charge in [0.1, 0.15) is 0 Å². The third kappa shape index (κ3) is 5.59. The number of aryl methyl sites for hydroxylation is 4. The number of allylic oxidation sites excluding steroid dienone is 2. The molecule has 0 atom stereocenters. The summed E-state index contributed by atoms with van der Waals surface area (Å²) in [5.41, 5.74) is 10.3. The largest absolute Gasteiger partial charge is 0.785 e. The molecule has 2 aromatic carbocycles. The zero-order valence-electron chi connectivity index (χ0n) is 20.7. The number of hydrogen-bond acceptors (Lipinski definition) is 4. The van der Waals surface area contributed by atoms with Gasteiger partial charge in [0.2, 0.25) is 0 Å². The second-order valence-corrected chi connectivity index (χ2v) is 12.3. The second kappa shape index (κ2) is 10.1. The van der Waals surface area contributed by atoms with Crippen LogP contribution in [0.25, 0.3) is 9.81 Å². The molecule has 0 saturated carbocycles. The molecular weight excluding hydrogens is 523 g/mol. The first-order chi connectivity index (χ1) is 14.7. The standard InChI is InChI=1S/2C14H18S2.Ni/c2*1-8-5-9(2)11-10(6-8)7-14(3,4)13(16)12(11)15;/h2*5-6,15-16H,7H2,1-4H3;/p-4. The minimum absolute atomic E-state index is 0. The van der Waals surface area contributed by atoms with Crippen molar-refractivity contribution in [3.63, 3.8) is 0 Å². The summed E-state index contributed by atoms with van der Waals surface area (Å²) in [5, 5.41) is 0. The van der Waals surface area contributed by atoms with Crippen LogP contribution < -0.4 is 0 Å². The molecule has 0 aliphatic heterocycles. The average Bonchev–Trinajstić information content (AvgIpc) is 2.63. The van der Waals surface area contributed by atoms with Gasteiger partial charge in [-0.1, -0.05) is 63.1 Å². The van der Waals surface area contributed by atoms with Crippen molar-refractivity contribution in [2.24, 2.45) is 10.8 Å². The third-order valence-electron chi connectivity index (χ3n) is 6.48. The van der Waals surface area contributed by atoms with Crippen LogP contribution >= 0.6 is 0 Å². The maximum atomic E-state index is 5.52. The molecule has 0 spiro atoms. The minimum Gasteiger partial charge on any atom is -0.785 e. The SMILES string of the molecule is Cc1cc(C)c2c(c1)CC(C)(C)C([S-])=C2[S-].Cc1cc(C)c2c(c1)CC(C)(C)C([S-])=C2[S-].[Ni]. The number of benzene rings is 2. The van der Waals surface area contributed by atoms with Gasteiger partial charge in [0.05, 0.1) is 0 Å². The molecule has 0 N–H and O–H groups in total. The van der Waals surface area contributed by atoms with E-state index in [-0.39, 0.29) is 27.3 Å². The zero-order valence-corrected chi connectivity index (χ0v) is 24.9. The summed E-state index contributed by atoms with van der Waals surface area (Å²) in [4.78, 5) is 3.67. The molecule has 4 rings (SSSR count). The summed E-state index contributed by atoms with van der Waals surface area (Å²) in [6.07, 6.45) is 2.01. The van der Waals surface area contributed by atoms with Crippen molar-refractivity contribution in [2.45, 2.75) is 68.2 Å². The van der Waals surface area contributed by atoms with E-state index in [0.717, 1.165) is 32.5 Å². The predicted molar refractivity (Wildman–Crippen MR) is 150 cm³/mol. The van der Waals surface area contributed by atoms with Crippen molar-refractivity contribution in [2.75, 3.05) is 0 Å². The Morgan fingerprint density at radius 3 is 1.18 bits per heavy atom. The first-order valence-electron chi connectivity index (χ1n) is 11.0. The van der Waals surface area contributed by atoms with E-state index in [9.17, 15) is 0 Å². The van der Waals surface area contributed by atoms with Gasteiger partial charge in [-0.15, -0.1) is 0 Å². The Bertz CT molecular complexity index is 1060. The van der Waals surface area contributed by atoms with E-state index in [1.54, 1.807) is 0 Å². The molecule has 182 valence electrons. The van der Waals surface area contributed by atoms with Crippen LogP contribution in [0, 0.1) is 38.5 Å². The molecule has 2 aliphatic rings. The molecule has 0 radical (unpaired) electrons. The Labute approximate surface area is 233 Å². The minimum atomic E-state index is 0. The molecule has 2 aromatic rings. The van der Waals surface area contributed by atoms with Crippen LogP contribution in [0.15, 0.2) is 34.1 Å². The van der Waals surface area contributed by atoms with E-state index in [0.29, 0.717) is 0 Å². The summed E-state index contributed by atoms with van der Waals surface area (Å²) in [7, 11) is 0. The van der Waals surface area contributed by atoms with E-state index in [2.05, 4.69) is 79.7 Å². The number of rotatable bonds is 0. The van der Waals surface area contributed by atoms with Crippen molar-refractivity contribution < 1.29 is 16.5 Å². The van der Waals surface area contributed by atoms with E-state index in [1.807, 2.05) is 0 Å². The molecule has 33 heavy (non-hydrogen) atoms. The molecule has 0 amide bonds. The molecule has 0 bridgehead atoms. The maximum Gasteiger partial charge on any atom is 0 e. The molecule has 0 unspecified atom stereocenters. The zero-order chi connectivity index (χ0) is 24.2. The fraction of sp³-hybridized carbons (Fsp3) is 0.429. The quantitative estimate of drug-likeness (QED) is 0.247. The number of fused-ring (bicyclic) bond motifs is 2. The van der Waals surface area contributed by atoms with E-state index in [1.165, 1.54) is 44.5 Å². The average molecular weight is 556 g/mol. The first-order valence-corrected chi connectivity index (χ1v) is 12.7. The van der Waals surface area contributed by atoms with Gasteiger partial charge in [0.25, 0.3) is 0 Å². The van der Waals surface area contributed by atoms with Crippen molar-refractivity contribution >= 4 is 60.3 Å². The topological polar surface area (TPSA) is 0 Å². The normalized spacial score (nSPS) is 17.9. The van der Waals surface area contributed by atoms with E-state index in [4.69, 9.17) is 50.5 Å². The Morgan fingerprint density at radius 1 is 0.576 bits per heavy atom. The van der Waals surface area contributed by atoms with Gasteiger partial charge in [-0.25, -0.2) is 9.81 Å². The maximum absolute atomic E-state index is 5.52. The Hall–Kier alpha value is -0.706. The van der Waals surface area contributed by atoms with Crippen molar-refractivity contribution in [1.29, 1.82) is 0 Å². The smallest absolute Gasteiger partial charge is 0 e. The summed E-state index contributed by atoms with van der Waals surface area (Å²) in [6.45, 7) is 17.2. The Morgan fingerprint density at radius 2 is 0.879 bits per heavy atom. The second-order valence-electron chi connectivity index (χ2n) is 10.7. The summed E-state index contributed by atoms with van der Waals surface area (Å²) >= 11 is 22.0. The van der Waals surface area contributed by atoms with Gasteiger partial charge in [-0.2, -0.15) is 9.81 Å². The van der Waals surface area contributed by atoms with Crippen LogP contribution in [0.4, 0.5) is 0 Å². The summed E-state index contributed by atoms with van der Waals surface area (Å²) in [5.74, 6) is 0. The Balaban J connectivity index is 0.000000227. The molecule has 0 fully saturated rings. The van der Waals surface area contributed by atoms with Gasteiger partial charge >= 0.3 is 0 Å². The van der Waals surface area contributed by atoms with Crippen molar-refractivity contribution in [1.82, 2.24) is 0 Å². The van der Waals surface area contributed by atoms with Crippen LogP contribution in [0.5, 0.6) is 0 Å². The molecule has 0 heterocycles. The van der Waals surface area contributed by atoms with Crippen molar-refractivity contribution in [3.05, 3.63) is 78.6 Å². The van der Waals surface area contributed by atoms with Crippen LogP contribution in [0.1, 0.15) is 72.2 Å². The summed E-state index contributed by atoms with van der Waals surface area (Å²) < 4.78 is 0. The van der Waals surface area contributed by atoms with Crippen LogP contribution in [-0.2, 0) is 79.8 Å². The monoisotopic (exact) mass is 554 g/mol. The number of hydrogen-bond donors (Lipinski definition) is 0. The van der Waals surface area contributed by atoms with Gasteiger partial charge < -0.3 is 50.5 Å². The predicted octanol–water partition coefficient (Wildman–Crippen LogP) is 7.29. The van der Waals surface area contributed by atoms with Gasteiger partial charge in [0, 0.05) is 16.5 Å². The molecule has 0 aromatic heterocycles.